The molecule has 0 spiro atoms. The molecule has 3 heterocycles. The molecule has 0 unspecified atom stereocenters. The molecule has 2 saturated heterocycles. The van der Waals surface area contributed by atoms with Gasteiger partial charge in [0.25, 0.3) is 0 Å². The first kappa shape index (κ1) is 18.6. The van der Waals surface area contributed by atoms with Crippen molar-refractivity contribution in [2.24, 2.45) is 0 Å². The van der Waals surface area contributed by atoms with Gasteiger partial charge in [0, 0.05) is 50.5 Å². The lowest BCUT2D eigenvalue weighted by atomic mass is 9.94. The molecule has 1 aromatic carbocycles. The maximum atomic E-state index is 12.3. The quantitative estimate of drug-likeness (QED) is 0.742. The number of carbonyl (C=O) groups excluding carboxylic acids is 1. The van der Waals surface area contributed by atoms with Crippen LogP contribution in [-0.4, -0.2) is 53.7 Å². The highest BCUT2D eigenvalue weighted by molar-refractivity contribution is 5.68. The van der Waals surface area contributed by atoms with Gasteiger partial charge in [-0.15, -0.1) is 0 Å². The van der Waals surface area contributed by atoms with Crippen molar-refractivity contribution >= 4 is 11.8 Å². The second-order valence-corrected chi connectivity index (χ2v) is 9.31. The van der Waals surface area contributed by atoms with E-state index < -0.39 is 5.60 Å². The number of piperazine rings is 1. The van der Waals surface area contributed by atoms with Crippen molar-refractivity contribution < 1.29 is 9.53 Å². The Hall–Kier alpha value is -1.75. The van der Waals surface area contributed by atoms with Gasteiger partial charge >= 0.3 is 6.09 Å². The van der Waals surface area contributed by atoms with Gasteiger partial charge in [-0.25, -0.2) is 4.79 Å². The minimum atomic E-state index is -0.433. The third-order valence-corrected chi connectivity index (χ3v) is 6.20. The van der Waals surface area contributed by atoms with Gasteiger partial charge in [0.1, 0.15) is 5.60 Å². The monoisotopic (exact) mass is 371 g/mol. The number of ether oxygens (including phenoxy) is 1. The number of amides is 1. The lowest BCUT2D eigenvalue weighted by molar-refractivity contribution is 0.0240. The molecule has 0 saturated carbocycles. The number of benzene rings is 1. The number of fused-ring (bicyclic) bond motifs is 3. The Balaban J connectivity index is 1.40. The molecule has 0 aliphatic carbocycles. The number of hydrogen-bond acceptors (Lipinski definition) is 4. The summed E-state index contributed by atoms with van der Waals surface area (Å²) < 4.78 is 5.51. The summed E-state index contributed by atoms with van der Waals surface area (Å²) in [4.78, 5) is 19.2. The minimum Gasteiger partial charge on any atom is -0.444 e. The van der Waals surface area contributed by atoms with Crippen LogP contribution in [0.25, 0.3) is 0 Å². The molecule has 4 rings (SSSR count). The Labute approximate surface area is 163 Å². The Morgan fingerprint density at radius 3 is 2.56 bits per heavy atom. The summed E-state index contributed by atoms with van der Waals surface area (Å²) in [7, 11) is 0. The van der Waals surface area contributed by atoms with Crippen LogP contribution in [0, 0.1) is 0 Å². The number of rotatable bonds is 1. The smallest absolute Gasteiger partial charge is 0.410 e. The van der Waals surface area contributed by atoms with Crippen LogP contribution in [0.2, 0.25) is 0 Å². The second-order valence-electron chi connectivity index (χ2n) is 9.31. The minimum absolute atomic E-state index is 0.193. The van der Waals surface area contributed by atoms with E-state index in [4.69, 9.17) is 4.74 Å². The summed E-state index contributed by atoms with van der Waals surface area (Å²) in [6.45, 7) is 12.4. The molecular weight excluding hydrogens is 338 g/mol. The first-order valence-corrected chi connectivity index (χ1v) is 10.4. The maximum absolute atomic E-state index is 12.3. The van der Waals surface area contributed by atoms with Gasteiger partial charge in [0.15, 0.2) is 0 Å². The highest BCUT2D eigenvalue weighted by atomic mass is 16.6. The molecule has 5 heteroatoms. The van der Waals surface area contributed by atoms with Crippen LogP contribution >= 0.6 is 0 Å². The molecule has 1 aromatic rings. The summed E-state index contributed by atoms with van der Waals surface area (Å²) in [5.74, 6) is 0. The van der Waals surface area contributed by atoms with Crippen LogP contribution in [0.3, 0.4) is 0 Å². The van der Waals surface area contributed by atoms with E-state index in [-0.39, 0.29) is 6.09 Å². The number of nitrogens with zero attached hydrogens (tertiary/aromatic N) is 3. The molecule has 0 bridgehead atoms. The van der Waals surface area contributed by atoms with Crippen LogP contribution in [0.1, 0.15) is 64.1 Å². The van der Waals surface area contributed by atoms with E-state index in [1.54, 1.807) is 0 Å². The average Bonchev–Trinajstić information content (AvgIpc) is 3.00. The lowest BCUT2D eigenvalue weighted by Gasteiger charge is -2.37. The Morgan fingerprint density at radius 2 is 1.85 bits per heavy atom. The van der Waals surface area contributed by atoms with E-state index in [1.807, 2.05) is 25.7 Å². The zero-order valence-corrected chi connectivity index (χ0v) is 17.2. The number of carbonyl (C=O) groups is 1. The van der Waals surface area contributed by atoms with Crippen molar-refractivity contribution in [2.45, 2.75) is 71.2 Å². The first-order valence-electron chi connectivity index (χ1n) is 10.4. The van der Waals surface area contributed by atoms with Crippen molar-refractivity contribution in [3.63, 3.8) is 0 Å². The maximum Gasteiger partial charge on any atom is 0.410 e. The second kappa shape index (κ2) is 7.01. The largest absolute Gasteiger partial charge is 0.444 e. The van der Waals surface area contributed by atoms with Gasteiger partial charge in [-0.2, -0.15) is 0 Å². The van der Waals surface area contributed by atoms with E-state index in [2.05, 4.69) is 34.9 Å². The van der Waals surface area contributed by atoms with E-state index in [0.29, 0.717) is 12.1 Å². The topological polar surface area (TPSA) is 36.0 Å². The van der Waals surface area contributed by atoms with E-state index in [9.17, 15) is 4.79 Å². The van der Waals surface area contributed by atoms with E-state index >= 15 is 0 Å². The zero-order chi connectivity index (χ0) is 19.2. The lowest BCUT2D eigenvalue weighted by Crippen LogP contribution is -2.50. The summed E-state index contributed by atoms with van der Waals surface area (Å²) in [6, 6.07) is 8.35. The summed E-state index contributed by atoms with van der Waals surface area (Å²) in [5.41, 5.74) is 3.90. The molecule has 0 aromatic heterocycles. The molecule has 5 nitrogen and oxygen atoms in total. The van der Waals surface area contributed by atoms with Crippen molar-refractivity contribution in [3.05, 3.63) is 29.3 Å². The predicted octanol–water partition coefficient (Wildman–Crippen LogP) is 4.17. The van der Waals surface area contributed by atoms with Gasteiger partial charge in [0.2, 0.25) is 0 Å². The molecular formula is C22H33N3O2. The SMILES string of the molecule is C[C@@H]1CCC[C@@H]2c3ccc(N4CCN(C(=O)OC(C)(C)C)CC4)cc3CN12. The van der Waals surface area contributed by atoms with Gasteiger partial charge < -0.3 is 14.5 Å². The van der Waals surface area contributed by atoms with Crippen LogP contribution in [-0.2, 0) is 11.3 Å². The summed E-state index contributed by atoms with van der Waals surface area (Å²) >= 11 is 0. The highest BCUT2D eigenvalue weighted by Gasteiger charge is 2.36. The van der Waals surface area contributed by atoms with Crippen molar-refractivity contribution in [1.29, 1.82) is 0 Å². The number of anilines is 1. The predicted molar refractivity (Wildman–Crippen MR) is 108 cm³/mol. The van der Waals surface area contributed by atoms with Gasteiger partial charge in [-0.1, -0.05) is 12.5 Å². The zero-order valence-electron chi connectivity index (χ0n) is 17.2. The Bertz CT molecular complexity index is 704. The van der Waals surface area contributed by atoms with E-state index in [1.165, 1.54) is 36.1 Å². The van der Waals surface area contributed by atoms with Gasteiger partial charge in [-0.05, 0) is 63.8 Å². The molecule has 1 amide bonds. The van der Waals surface area contributed by atoms with Crippen molar-refractivity contribution in [2.75, 3.05) is 31.1 Å². The standard InChI is InChI=1S/C22H33N3O2/c1-16-6-5-7-20-19-9-8-18(14-17(19)15-25(16)20)23-10-12-24(13-11-23)21(26)27-22(2,3)4/h8-9,14,16,20H,5-7,10-13,15H2,1-4H3/t16-,20-/m1/s1. The average molecular weight is 372 g/mol. The van der Waals surface area contributed by atoms with Gasteiger partial charge in [-0.3, -0.25) is 4.90 Å². The molecule has 0 radical (unpaired) electrons. The summed E-state index contributed by atoms with van der Waals surface area (Å²) in [5, 5.41) is 0. The summed E-state index contributed by atoms with van der Waals surface area (Å²) in [6.07, 6.45) is 3.77. The molecule has 148 valence electrons. The van der Waals surface area contributed by atoms with Crippen LogP contribution < -0.4 is 4.90 Å². The van der Waals surface area contributed by atoms with E-state index in [0.717, 1.165) is 32.7 Å². The fourth-order valence-corrected chi connectivity index (χ4v) is 4.77. The third-order valence-electron chi connectivity index (χ3n) is 6.20. The molecule has 2 atom stereocenters. The molecule has 2 fully saturated rings. The normalized spacial score (nSPS) is 25.9. The van der Waals surface area contributed by atoms with Crippen molar-refractivity contribution in [3.8, 4) is 0 Å². The molecule has 0 N–H and O–H groups in total. The van der Waals surface area contributed by atoms with Crippen LogP contribution in [0.15, 0.2) is 18.2 Å². The Kier molecular flexibility index (Phi) is 4.83. The molecule has 27 heavy (non-hydrogen) atoms. The van der Waals surface area contributed by atoms with Crippen LogP contribution in [0.5, 0.6) is 0 Å². The molecule has 3 aliphatic heterocycles. The fourth-order valence-electron chi connectivity index (χ4n) is 4.77. The van der Waals surface area contributed by atoms with Gasteiger partial charge in [0.05, 0.1) is 0 Å². The highest BCUT2D eigenvalue weighted by Crippen LogP contribution is 2.43. The Morgan fingerprint density at radius 1 is 1.11 bits per heavy atom. The van der Waals surface area contributed by atoms with Crippen molar-refractivity contribution in [1.82, 2.24) is 9.80 Å². The fraction of sp³-hybridized carbons (Fsp3) is 0.682. The van der Waals surface area contributed by atoms with Crippen LogP contribution in [0.4, 0.5) is 10.5 Å². The number of hydrogen-bond donors (Lipinski definition) is 0. The molecule has 3 aliphatic rings. The first-order chi connectivity index (χ1) is 12.8. The number of piperidine rings is 1. The third kappa shape index (κ3) is 3.79.